The molecule has 378 valence electrons. The first-order chi connectivity index (χ1) is 32.0. The van der Waals surface area contributed by atoms with Gasteiger partial charge in [-0.2, -0.15) is 0 Å². The Hall–Kier alpha value is -2.63. The maximum absolute atomic E-state index is 12.8. The van der Waals surface area contributed by atoms with Crippen LogP contribution in [0.15, 0.2) is 48.6 Å². The number of rotatable bonds is 51. The van der Waals surface area contributed by atoms with Crippen molar-refractivity contribution >= 4 is 17.9 Å². The van der Waals surface area contributed by atoms with Crippen molar-refractivity contribution in [3.8, 4) is 0 Å². The number of carbonyl (C=O) groups is 3. The van der Waals surface area contributed by atoms with Crippen LogP contribution in [-0.2, 0) is 28.6 Å². The Balaban J connectivity index is 4.38. The number of esters is 3. The smallest absolute Gasteiger partial charge is 0.306 e. The van der Waals surface area contributed by atoms with Crippen molar-refractivity contribution < 1.29 is 28.6 Å². The Morgan fingerprint density at radius 1 is 0.323 bits per heavy atom. The number of ether oxygens (including phenoxy) is 3. The number of allylic oxidation sites excluding steroid dienone is 8. The molecular formula is C59H106O6. The molecule has 1 unspecified atom stereocenters. The molecule has 0 aliphatic rings. The highest BCUT2D eigenvalue weighted by Crippen LogP contribution is 2.16. The molecule has 0 amide bonds. The SMILES string of the molecule is CC/C=C\C/C=C\C/C=C\CCCCCCCCCC(=O)OCC(COC(=O)CCCCCCCCCCCCCCCC)OC(=O)CCCCCCC/C=C\CCCCCCCCC. The summed E-state index contributed by atoms with van der Waals surface area (Å²) in [6.07, 6.45) is 65.2. The maximum atomic E-state index is 12.8. The third-order valence-electron chi connectivity index (χ3n) is 12.3. The van der Waals surface area contributed by atoms with E-state index in [9.17, 15) is 14.4 Å². The van der Waals surface area contributed by atoms with E-state index in [1.54, 1.807) is 0 Å². The molecule has 0 spiro atoms. The summed E-state index contributed by atoms with van der Waals surface area (Å²) in [4.78, 5) is 38.1. The zero-order chi connectivity index (χ0) is 47.2. The van der Waals surface area contributed by atoms with E-state index in [4.69, 9.17) is 14.2 Å². The summed E-state index contributed by atoms with van der Waals surface area (Å²) in [7, 11) is 0. The van der Waals surface area contributed by atoms with Gasteiger partial charge in [0.25, 0.3) is 0 Å². The van der Waals surface area contributed by atoms with E-state index in [-0.39, 0.29) is 31.1 Å². The fourth-order valence-electron chi connectivity index (χ4n) is 8.10. The highest BCUT2D eigenvalue weighted by molar-refractivity contribution is 5.71. The summed E-state index contributed by atoms with van der Waals surface area (Å²) in [5.41, 5.74) is 0. The minimum atomic E-state index is -0.779. The van der Waals surface area contributed by atoms with Crippen LogP contribution in [0.3, 0.4) is 0 Å². The molecule has 0 bridgehead atoms. The van der Waals surface area contributed by atoms with Crippen LogP contribution in [0.5, 0.6) is 0 Å². The van der Waals surface area contributed by atoms with Gasteiger partial charge in [0, 0.05) is 19.3 Å². The first-order valence-corrected chi connectivity index (χ1v) is 28.1. The monoisotopic (exact) mass is 911 g/mol. The zero-order valence-electron chi connectivity index (χ0n) is 43.3. The third kappa shape index (κ3) is 52.2. The van der Waals surface area contributed by atoms with E-state index in [0.717, 1.165) is 89.9 Å². The normalized spacial score (nSPS) is 12.4. The largest absolute Gasteiger partial charge is 0.462 e. The second-order valence-electron chi connectivity index (χ2n) is 18.8. The molecule has 0 aliphatic heterocycles. The van der Waals surface area contributed by atoms with Crippen molar-refractivity contribution in [1.82, 2.24) is 0 Å². The fourth-order valence-corrected chi connectivity index (χ4v) is 8.10. The first-order valence-electron chi connectivity index (χ1n) is 28.1. The highest BCUT2D eigenvalue weighted by Gasteiger charge is 2.19. The molecule has 6 nitrogen and oxygen atoms in total. The average molecular weight is 911 g/mol. The summed E-state index contributed by atoms with van der Waals surface area (Å²) in [5, 5.41) is 0. The summed E-state index contributed by atoms with van der Waals surface area (Å²) in [5.74, 6) is -0.882. The Labute approximate surface area is 403 Å². The van der Waals surface area contributed by atoms with E-state index < -0.39 is 6.10 Å². The van der Waals surface area contributed by atoms with Gasteiger partial charge >= 0.3 is 17.9 Å². The third-order valence-corrected chi connectivity index (χ3v) is 12.3. The lowest BCUT2D eigenvalue weighted by atomic mass is 10.0. The standard InChI is InChI=1S/C59H106O6/c1-4-7-10-13-16-19-22-25-28-30-32-34-37-40-43-46-49-52-58(61)64-55-56(54-63-57(60)51-48-45-42-39-36-33-27-24-21-18-15-12-9-6-3)65-59(62)53-50-47-44-41-38-35-31-29-26-23-20-17-14-11-8-5-2/h7,10,16,19,25,28-29,31,56H,4-6,8-9,11-15,17-18,20-24,26-27,30,32-55H2,1-3H3/b10-7-,19-16-,28-25-,31-29-. The van der Waals surface area contributed by atoms with Gasteiger partial charge in [0.05, 0.1) is 0 Å². The Morgan fingerprint density at radius 3 is 0.954 bits per heavy atom. The molecule has 65 heavy (non-hydrogen) atoms. The van der Waals surface area contributed by atoms with E-state index in [2.05, 4.69) is 69.4 Å². The minimum absolute atomic E-state index is 0.0767. The van der Waals surface area contributed by atoms with E-state index in [0.29, 0.717) is 19.3 Å². The lowest BCUT2D eigenvalue weighted by molar-refractivity contribution is -0.167. The lowest BCUT2D eigenvalue weighted by Gasteiger charge is -2.18. The molecule has 0 fully saturated rings. The molecule has 0 heterocycles. The molecule has 0 saturated heterocycles. The van der Waals surface area contributed by atoms with Crippen LogP contribution in [0.2, 0.25) is 0 Å². The molecule has 0 saturated carbocycles. The van der Waals surface area contributed by atoms with Crippen molar-refractivity contribution in [2.24, 2.45) is 0 Å². The summed E-state index contributed by atoms with van der Waals surface area (Å²) in [6, 6.07) is 0. The number of unbranched alkanes of at least 4 members (excludes halogenated alkanes) is 32. The van der Waals surface area contributed by atoms with Crippen LogP contribution in [0.1, 0.15) is 290 Å². The van der Waals surface area contributed by atoms with Gasteiger partial charge in [0.1, 0.15) is 13.2 Å². The molecule has 0 N–H and O–H groups in total. The van der Waals surface area contributed by atoms with Crippen LogP contribution in [0.4, 0.5) is 0 Å². The predicted molar refractivity (Wildman–Crippen MR) is 279 cm³/mol. The molecule has 6 heteroatoms. The molecule has 0 radical (unpaired) electrons. The van der Waals surface area contributed by atoms with Gasteiger partial charge in [-0.15, -0.1) is 0 Å². The van der Waals surface area contributed by atoms with Crippen LogP contribution >= 0.6 is 0 Å². The Bertz CT molecular complexity index is 1140. The van der Waals surface area contributed by atoms with Gasteiger partial charge in [-0.05, 0) is 77.0 Å². The van der Waals surface area contributed by atoms with Gasteiger partial charge in [0.2, 0.25) is 0 Å². The van der Waals surface area contributed by atoms with Crippen molar-refractivity contribution in [3.05, 3.63) is 48.6 Å². The van der Waals surface area contributed by atoms with Crippen molar-refractivity contribution in [2.75, 3.05) is 13.2 Å². The minimum Gasteiger partial charge on any atom is -0.462 e. The highest BCUT2D eigenvalue weighted by atomic mass is 16.6. The molecular weight excluding hydrogens is 805 g/mol. The summed E-state index contributed by atoms with van der Waals surface area (Å²) < 4.78 is 16.9. The van der Waals surface area contributed by atoms with Gasteiger partial charge in [-0.25, -0.2) is 0 Å². The second-order valence-corrected chi connectivity index (χ2v) is 18.8. The fraction of sp³-hybridized carbons (Fsp3) is 0.814. The van der Waals surface area contributed by atoms with Crippen LogP contribution < -0.4 is 0 Å². The van der Waals surface area contributed by atoms with Crippen LogP contribution in [0, 0.1) is 0 Å². The zero-order valence-corrected chi connectivity index (χ0v) is 43.3. The predicted octanol–water partition coefficient (Wildman–Crippen LogP) is 18.7. The van der Waals surface area contributed by atoms with Crippen LogP contribution in [-0.4, -0.2) is 37.2 Å². The molecule has 0 rings (SSSR count). The summed E-state index contributed by atoms with van der Waals surface area (Å²) >= 11 is 0. The quantitative estimate of drug-likeness (QED) is 0.0262. The van der Waals surface area contributed by atoms with Gasteiger partial charge in [-0.1, -0.05) is 243 Å². The van der Waals surface area contributed by atoms with Crippen molar-refractivity contribution in [1.29, 1.82) is 0 Å². The molecule has 0 aromatic rings. The van der Waals surface area contributed by atoms with Gasteiger partial charge in [0.15, 0.2) is 6.10 Å². The molecule has 0 aromatic carbocycles. The Kier molecular flexibility index (Phi) is 51.8. The van der Waals surface area contributed by atoms with Crippen LogP contribution in [0.25, 0.3) is 0 Å². The van der Waals surface area contributed by atoms with Crippen molar-refractivity contribution in [2.45, 2.75) is 297 Å². The molecule has 1 atom stereocenters. The topological polar surface area (TPSA) is 78.9 Å². The van der Waals surface area contributed by atoms with E-state index in [1.165, 1.54) is 161 Å². The molecule has 0 aromatic heterocycles. The van der Waals surface area contributed by atoms with E-state index >= 15 is 0 Å². The maximum Gasteiger partial charge on any atom is 0.306 e. The second kappa shape index (κ2) is 54.0. The van der Waals surface area contributed by atoms with Gasteiger partial charge < -0.3 is 14.2 Å². The first kappa shape index (κ1) is 62.4. The summed E-state index contributed by atoms with van der Waals surface area (Å²) in [6.45, 7) is 6.54. The van der Waals surface area contributed by atoms with Gasteiger partial charge in [-0.3, -0.25) is 14.4 Å². The van der Waals surface area contributed by atoms with Crippen molar-refractivity contribution in [3.63, 3.8) is 0 Å². The number of carbonyl (C=O) groups excluding carboxylic acids is 3. The number of hydrogen-bond acceptors (Lipinski definition) is 6. The Morgan fingerprint density at radius 2 is 0.600 bits per heavy atom. The van der Waals surface area contributed by atoms with E-state index in [1.807, 2.05) is 0 Å². The average Bonchev–Trinajstić information content (AvgIpc) is 3.30. The molecule has 0 aliphatic carbocycles. The lowest BCUT2D eigenvalue weighted by Crippen LogP contribution is -2.30. The number of hydrogen-bond donors (Lipinski definition) is 0.